The lowest BCUT2D eigenvalue weighted by Crippen LogP contribution is -2.10. The van der Waals surface area contributed by atoms with E-state index in [4.69, 9.17) is 9.84 Å². The van der Waals surface area contributed by atoms with Crippen molar-refractivity contribution in [2.24, 2.45) is 0 Å². The standard InChI is InChI=1S/C17H19NO3/c1-11-8-9-13(17(19)20)10-15(11)18-12(2)14-6-4-5-7-16(14)21-3/h4-10,12,18H,1-3H3,(H,19,20). The topological polar surface area (TPSA) is 58.6 Å². The molecular weight excluding hydrogens is 266 g/mol. The Bertz CT molecular complexity index is 652. The molecule has 0 aliphatic carbocycles. The molecule has 110 valence electrons. The van der Waals surface area contributed by atoms with Gasteiger partial charge in [-0.25, -0.2) is 4.79 Å². The largest absolute Gasteiger partial charge is 0.496 e. The molecule has 2 aromatic carbocycles. The van der Waals surface area contributed by atoms with Crippen molar-refractivity contribution >= 4 is 11.7 Å². The Morgan fingerprint density at radius 1 is 1.24 bits per heavy atom. The molecule has 0 radical (unpaired) electrons. The molecule has 0 fully saturated rings. The molecule has 4 nitrogen and oxygen atoms in total. The van der Waals surface area contributed by atoms with E-state index in [0.29, 0.717) is 0 Å². The van der Waals surface area contributed by atoms with E-state index in [0.717, 1.165) is 22.6 Å². The summed E-state index contributed by atoms with van der Waals surface area (Å²) < 4.78 is 5.36. The van der Waals surface area contributed by atoms with Crippen LogP contribution in [0.5, 0.6) is 5.75 Å². The summed E-state index contributed by atoms with van der Waals surface area (Å²) in [6, 6.07) is 12.9. The highest BCUT2D eigenvalue weighted by Crippen LogP contribution is 2.29. The van der Waals surface area contributed by atoms with E-state index < -0.39 is 5.97 Å². The molecule has 0 aliphatic rings. The van der Waals surface area contributed by atoms with E-state index in [1.165, 1.54) is 0 Å². The minimum Gasteiger partial charge on any atom is -0.496 e. The van der Waals surface area contributed by atoms with Gasteiger partial charge in [-0.2, -0.15) is 0 Å². The smallest absolute Gasteiger partial charge is 0.335 e. The quantitative estimate of drug-likeness (QED) is 0.875. The van der Waals surface area contributed by atoms with Crippen LogP contribution in [0.1, 0.15) is 34.5 Å². The maximum atomic E-state index is 11.1. The Morgan fingerprint density at radius 3 is 2.62 bits per heavy atom. The van der Waals surface area contributed by atoms with Crippen molar-refractivity contribution in [1.29, 1.82) is 0 Å². The highest BCUT2D eigenvalue weighted by Gasteiger charge is 2.13. The Kier molecular flexibility index (Phi) is 4.48. The zero-order valence-corrected chi connectivity index (χ0v) is 12.4. The monoisotopic (exact) mass is 285 g/mol. The number of benzene rings is 2. The Labute approximate surface area is 124 Å². The molecule has 2 rings (SSSR count). The molecule has 0 heterocycles. The molecule has 1 unspecified atom stereocenters. The number of rotatable bonds is 5. The number of aryl methyl sites for hydroxylation is 1. The summed E-state index contributed by atoms with van der Waals surface area (Å²) in [6.45, 7) is 3.97. The fraction of sp³-hybridized carbons (Fsp3) is 0.235. The van der Waals surface area contributed by atoms with Crippen LogP contribution in [0.15, 0.2) is 42.5 Å². The summed E-state index contributed by atoms with van der Waals surface area (Å²) in [5, 5.41) is 12.4. The molecule has 0 aromatic heterocycles. The van der Waals surface area contributed by atoms with Gasteiger partial charge in [0.1, 0.15) is 5.75 Å². The van der Waals surface area contributed by atoms with Crippen molar-refractivity contribution in [2.75, 3.05) is 12.4 Å². The average Bonchev–Trinajstić information content (AvgIpc) is 2.49. The molecule has 2 N–H and O–H groups in total. The van der Waals surface area contributed by atoms with Crippen LogP contribution < -0.4 is 10.1 Å². The summed E-state index contributed by atoms with van der Waals surface area (Å²) in [5.74, 6) is -0.118. The molecular formula is C17H19NO3. The number of carboxylic acid groups (broad SMARTS) is 1. The van der Waals surface area contributed by atoms with Gasteiger partial charge in [0.05, 0.1) is 18.7 Å². The maximum absolute atomic E-state index is 11.1. The van der Waals surface area contributed by atoms with Gasteiger partial charge in [0.15, 0.2) is 0 Å². The van der Waals surface area contributed by atoms with Crippen LogP contribution in [0.3, 0.4) is 0 Å². The highest BCUT2D eigenvalue weighted by molar-refractivity contribution is 5.89. The maximum Gasteiger partial charge on any atom is 0.335 e. The van der Waals surface area contributed by atoms with E-state index in [1.54, 1.807) is 25.3 Å². The number of aromatic carboxylic acids is 1. The fourth-order valence-corrected chi connectivity index (χ4v) is 2.25. The average molecular weight is 285 g/mol. The third-order valence-electron chi connectivity index (χ3n) is 3.46. The lowest BCUT2D eigenvalue weighted by molar-refractivity contribution is 0.0697. The molecule has 0 saturated heterocycles. The van der Waals surface area contributed by atoms with Crippen LogP contribution in [0.25, 0.3) is 0 Å². The molecule has 1 atom stereocenters. The Hall–Kier alpha value is -2.49. The molecule has 0 saturated carbocycles. The molecule has 4 heteroatoms. The number of methoxy groups -OCH3 is 1. The first kappa shape index (κ1) is 14.9. The van der Waals surface area contributed by atoms with Gasteiger partial charge in [0, 0.05) is 11.3 Å². The van der Waals surface area contributed by atoms with Gasteiger partial charge in [0.2, 0.25) is 0 Å². The first-order valence-electron chi connectivity index (χ1n) is 6.76. The SMILES string of the molecule is COc1ccccc1C(C)Nc1cc(C(=O)O)ccc1C. The van der Waals surface area contributed by atoms with Gasteiger partial charge in [-0.15, -0.1) is 0 Å². The fourth-order valence-electron chi connectivity index (χ4n) is 2.25. The predicted molar refractivity (Wildman–Crippen MR) is 83.2 cm³/mol. The normalized spacial score (nSPS) is 11.8. The third-order valence-corrected chi connectivity index (χ3v) is 3.46. The number of nitrogens with one attached hydrogen (secondary N) is 1. The van der Waals surface area contributed by atoms with Gasteiger partial charge in [0.25, 0.3) is 0 Å². The van der Waals surface area contributed by atoms with Crippen molar-refractivity contribution in [3.63, 3.8) is 0 Å². The lowest BCUT2D eigenvalue weighted by Gasteiger charge is -2.20. The summed E-state index contributed by atoms with van der Waals surface area (Å²) in [6.07, 6.45) is 0. The zero-order valence-electron chi connectivity index (χ0n) is 12.4. The Balaban J connectivity index is 2.29. The molecule has 21 heavy (non-hydrogen) atoms. The van der Waals surface area contributed by atoms with Crippen molar-refractivity contribution in [1.82, 2.24) is 0 Å². The molecule has 0 bridgehead atoms. The minimum atomic E-state index is -0.928. The number of hydrogen-bond donors (Lipinski definition) is 2. The molecule has 0 spiro atoms. The van der Waals surface area contributed by atoms with Gasteiger partial charge < -0.3 is 15.2 Å². The van der Waals surface area contributed by atoms with Crippen molar-refractivity contribution < 1.29 is 14.6 Å². The van der Waals surface area contributed by atoms with Crippen LogP contribution in [-0.2, 0) is 0 Å². The second kappa shape index (κ2) is 6.31. The molecule has 0 aliphatic heterocycles. The summed E-state index contributed by atoms with van der Waals surface area (Å²) >= 11 is 0. The highest BCUT2D eigenvalue weighted by atomic mass is 16.5. The van der Waals surface area contributed by atoms with Crippen LogP contribution in [-0.4, -0.2) is 18.2 Å². The van der Waals surface area contributed by atoms with E-state index in [-0.39, 0.29) is 11.6 Å². The molecule has 2 aromatic rings. The summed E-state index contributed by atoms with van der Waals surface area (Å²) in [4.78, 5) is 11.1. The van der Waals surface area contributed by atoms with Crippen molar-refractivity contribution in [3.8, 4) is 5.75 Å². The number of anilines is 1. The molecule has 0 amide bonds. The van der Waals surface area contributed by atoms with Crippen LogP contribution >= 0.6 is 0 Å². The summed E-state index contributed by atoms with van der Waals surface area (Å²) in [7, 11) is 1.64. The van der Waals surface area contributed by atoms with Gasteiger partial charge in [-0.1, -0.05) is 24.3 Å². The Morgan fingerprint density at radius 2 is 1.95 bits per heavy atom. The number of carbonyl (C=O) groups is 1. The van der Waals surface area contributed by atoms with Gasteiger partial charge in [-0.05, 0) is 37.6 Å². The predicted octanol–water partition coefficient (Wildman–Crippen LogP) is 3.87. The van der Waals surface area contributed by atoms with Crippen LogP contribution in [0.2, 0.25) is 0 Å². The lowest BCUT2D eigenvalue weighted by atomic mass is 10.0. The van der Waals surface area contributed by atoms with Crippen LogP contribution in [0, 0.1) is 6.92 Å². The second-order valence-electron chi connectivity index (χ2n) is 4.94. The zero-order chi connectivity index (χ0) is 15.4. The van der Waals surface area contributed by atoms with Crippen LogP contribution in [0.4, 0.5) is 5.69 Å². The third kappa shape index (κ3) is 3.34. The van der Waals surface area contributed by atoms with Gasteiger partial charge >= 0.3 is 5.97 Å². The second-order valence-corrected chi connectivity index (χ2v) is 4.94. The van der Waals surface area contributed by atoms with E-state index >= 15 is 0 Å². The number of para-hydroxylation sites is 1. The minimum absolute atomic E-state index is 0.00361. The van der Waals surface area contributed by atoms with E-state index in [1.807, 2.05) is 38.1 Å². The first-order valence-corrected chi connectivity index (χ1v) is 6.76. The number of carboxylic acids is 1. The van der Waals surface area contributed by atoms with Gasteiger partial charge in [-0.3, -0.25) is 0 Å². The van der Waals surface area contributed by atoms with E-state index in [9.17, 15) is 4.79 Å². The summed E-state index contributed by atoms with van der Waals surface area (Å²) in [5.41, 5.74) is 3.12. The van der Waals surface area contributed by atoms with Crippen molar-refractivity contribution in [2.45, 2.75) is 19.9 Å². The number of hydrogen-bond acceptors (Lipinski definition) is 3. The number of ether oxygens (including phenoxy) is 1. The van der Waals surface area contributed by atoms with E-state index in [2.05, 4.69) is 5.32 Å². The van der Waals surface area contributed by atoms with Crippen molar-refractivity contribution in [3.05, 3.63) is 59.2 Å². The first-order chi connectivity index (χ1) is 10.0.